The highest BCUT2D eigenvalue weighted by Gasteiger charge is 2.20. The molecular weight excluding hydrogens is 430 g/mol. The van der Waals surface area contributed by atoms with Gasteiger partial charge in [-0.2, -0.15) is 0 Å². The van der Waals surface area contributed by atoms with Crippen molar-refractivity contribution in [3.63, 3.8) is 0 Å². The number of hydrogen-bond acceptors (Lipinski definition) is 7. The van der Waals surface area contributed by atoms with Crippen LogP contribution in [0.2, 0.25) is 0 Å². The van der Waals surface area contributed by atoms with Gasteiger partial charge >= 0.3 is 11.6 Å². The Balaban J connectivity index is 1.69. The molecule has 0 bridgehead atoms. The van der Waals surface area contributed by atoms with Gasteiger partial charge in [0.05, 0.1) is 17.8 Å². The van der Waals surface area contributed by atoms with E-state index in [1.807, 2.05) is 6.07 Å². The summed E-state index contributed by atoms with van der Waals surface area (Å²) >= 11 is 0. The molecule has 2 amide bonds. The number of hydrogen-bond donors (Lipinski definition) is 3. The smallest absolute Gasteiger partial charge is 0.311 e. The minimum absolute atomic E-state index is 0.0358. The maximum absolute atomic E-state index is 12.6. The predicted molar refractivity (Wildman–Crippen MR) is 119 cm³/mol. The van der Waals surface area contributed by atoms with Crippen molar-refractivity contribution < 1.29 is 28.8 Å². The number of carbonyl (C=O) groups is 2. The monoisotopic (exact) mass is 453 g/mol. The van der Waals surface area contributed by atoms with Gasteiger partial charge in [0.1, 0.15) is 5.75 Å². The molecule has 10 heteroatoms. The van der Waals surface area contributed by atoms with Gasteiger partial charge in [0.15, 0.2) is 5.75 Å². The Bertz CT molecular complexity index is 1170. The molecule has 172 valence electrons. The lowest BCUT2D eigenvalue weighted by molar-refractivity contribution is -0.385. The number of ether oxygens (including phenoxy) is 1. The number of nitro groups is 1. The molecule has 0 saturated carbocycles. The summed E-state index contributed by atoms with van der Waals surface area (Å²) in [5.41, 5.74) is 4.84. The molecule has 2 aromatic carbocycles. The first-order valence-electron chi connectivity index (χ1n) is 10.1. The second-order valence-corrected chi connectivity index (χ2v) is 7.59. The summed E-state index contributed by atoms with van der Waals surface area (Å²) in [6.45, 7) is 4.79. The number of amides is 2. The summed E-state index contributed by atoms with van der Waals surface area (Å²) in [6, 6.07) is 11.9. The second-order valence-electron chi connectivity index (χ2n) is 7.59. The van der Waals surface area contributed by atoms with Gasteiger partial charge in [-0.25, -0.2) is 0 Å². The lowest BCUT2D eigenvalue weighted by atomic mass is 10.1. The molecule has 1 heterocycles. The molecule has 3 N–H and O–H groups in total. The van der Waals surface area contributed by atoms with E-state index in [1.54, 1.807) is 24.3 Å². The number of benzene rings is 2. The molecule has 0 spiro atoms. The SMILES string of the molecule is CC(C)CCOc1cccc(-c2ccoc2C(=O)NNC(=O)c2ccc(O)c([N+](=O)[O-])c2)c1. The van der Waals surface area contributed by atoms with Crippen LogP contribution in [0.4, 0.5) is 5.69 Å². The van der Waals surface area contributed by atoms with Crippen molar-refractivity contribution in [3.05, 3.63) is 76.2 Å². The van der Waals surface area contributed by atoms with Crippen LogP contribution in [-0.2, 0) is 0 Å². The van der Waals surface area contributed by atoms with Gasteiger partial charge in [-0.15, -0.1) is 0 Å². The fourth-order valence-electron chi connectivity index (χ4n) is 2.93. The van der Waals surface area contributed by atoms with Crippen molar-refractivity contribution in [3.8, 4) is 22.6 Å². The molecule has 0 radical (unpaired) electrons. The standard InChI is InChI=1S/C23H23N3O7/c1-14(2)8-10-32-17-5-3-4-15(12-17)18-9-11-33-21(18)23(29)25-24-22(28)16-6-7-20(27)19(13-16)26(30)31/h3-7,9,11-14,27H,8,10H2,1-2H3,(H,24,28)(H,25,29). The number of phenolic OH excluding ortho intramolecular Hbond substituents is 1. The van der Waals surface area contributed by atoms with Crippen LogP contribution in [0, 0.1) is 16.0 Å². The third-order valence-corrected chi connectivity index (χ3v) is 4.70. The topological polar surface area (TPSA) is 144 Å². The van der Waals surface area contributed by atoms with Gasteiger partial charge in [0.25, 0.3) is 5.91 Å². The van der Waals surface area contributed by atoms with E-state index >= 15 is 0 Å². The van der Waals surface area contributed by atoms with E-state index in [0.717, 1.165) is 18.6 Å². The highest BCUT2D eigenvalue weighted by molar-refractivity contribution is 6.01. The van der Waals surface area contributed by atoms with Crippen LogP contribution in [0.15, 0.2) is 59.2 Å². The third kappa shape index (κ3) is 5.88. The van der Waals surface area contributed by atoms with Crippen molar-refractivity contribution in [2.75, 3.05) is 6.61 Å². The van der Waals surface area contributed by atoms with E-state index < -0.39 is 28.2 Å². The molecule has 3 aromatic rings. The van der Waals surface area contributed by atoms with Crippen LogP contribution in [0.25, 0.3) is 11.1 Å². The quantitative estimate of drug-likeness (QED) is 0.344. The average molecular weight is 453 g/mol. The highest BCUT2D eigenvalue weighted by Crippen LogP contribution is 2.28. The van der Waals surface area contributed by atoms with Gasteiger partial charge < -0.3 is 14.3 Å². The number of rotatable bonds is 8. The fourth-order valence-corrected chi connectivity index (χ4v) is 2.93. The van der Waals surface area contributed by atoms with E-state index in [2.05, 4.69) is 24.7 Å². The molecule has 0 aliphatic carbocycles. The van der Waals surface area contributed by atoms with Gasteiger partial charge in [-0.1, -0.05) is 26.0 Å². The third-order valence-electron chi connectivity index (χ3n) is 4.70. The van der Waals surface area contributed by atoms with Crippen LogP contribution in [0.1, 0.15) is 41.2 Å². The van der Waals surface area contributed by atoms with Gasteiger partial charge in [0, 0.05) is 17.2 Å². The molecular formula is C23H23N3O7. The predicted octanol–water partition coefficient (Wildman–Crippen LogP) is 4.06. The molecule has 3 rings (SSSR count). The van der Waals surface area contributed by atoms with E-state index in [1.165, 1.54) is 12.3 Å². The number of hydrazine groups is 1. The Morgan fingerprint density at radius 2 is 1.88 bits per heavy atom. The molecule has 0 fully saturated rings. The van der Waals surface area contributed by atoms with Crippen molar-refractivity contribution in [2.24, 2.45) is 5.92 Å². The fraction of sp³-hybridized carbons (Fsp3) is 0.217. The number of nitrogens with zero attached hydrogens (tertiary/aromatic N) is 1. The first-order valence-corrected chi connectivity index (χ1v) is 10.1. The number of nitrogens with one attached hydrogen (secondary N) is 2. The summed E-state index contributed by atoms with van der Waals surface area (Å²) < 4.78 is 11.1. The normalized spacial score (nSPS) is 10.6. The molecule has 0 unspecified atom stereocenters. The molecule has 10 nitrogen and oxygen atoms in total. The van der Waals surface area contributed by atoms with E-state index in [-0.39, 0.29) is 11.3 Å². The van der Waals surface area contributed by atoms with Crippen molar-refractivity contribution in [2.45, 2.75) is 20.3 Å². The minimum Gasteiger partial charge on any atom is -0.502 e. The minimum atomic E-state index is -0.819. The molecule has 1 aromatic heterocycles. The van der Waals surface area contributed by atoms with Crippen molar-refractivity contribution in [1.29, 1.82) is 0 Å². The van der Waals surface area contributed by atoms with Crippen LogP contribution in [-0.4, -0.2) is 28.5 Å². The maximum Gasteiger partial charge on any atom is 0.311 e. The second kappa shape index (κ2) is 10.3. The Labute approximate surface area is 189 Å². The zero-order chi connectivity index (χ0) is 24.0. The zero-order valence-electron chi connectivity index (χ0n) is 18.0. The Morgan fingerprint density at radius 3 is 2.61 bits per heavy atom. The molecule has 0 saturated heterocycles. The van der Waals surface area contributed by atoms with Gasteiger partial charge in [0.2, 0.25) is 5.76 Å². The molecule has 0 aliphatic rings. The van der Waals surface area contributed by atoms with Crippen LogP contribution >= 0.6 is 0 Å². The van der Waals surface area contributed by atoms with Crippen LogP contribution in [0.3, 0.4) is 0 Å². The van der Waals surface area contributed by atoms with E-state index in [4.69, 9.17) is 9.15 Å². The molecule has 0 atom stereocenters. The average Bonchev–Trinajstić information content (AvgIpc) is 3.27. The summed E-state index contributed by atoms with van der Waals surface area (Å²) in [4.78, 5) is 35.0. The lowest BCUT2D eigenvalue weighted by Gasteiger charge is -2.10. The van der Waals surface area contributed by atoms with E-state index in [9.17, 15) is 24.8 Å². The number of furan rings is 1. The summed E-state index contributed by atoms with van der Waals surface area (Å²) in [5, 5.41) is 20.4. The number of aromatic hydroxyl groups is 1. The Hall–Kier alpha value is -4.34. The first kappa shape index (κ1) is 23.3. The summed E-state index contributed by atoms with van der Waals surface area (Å²) in [5.74, 6) is -0.964. The van der Waals surface area contributed by atoms with Crippen LogP contribution in [0.5, 0.6) is 11.5 Å². The number of carbonyl (C=O) groups excluding carboxylic acids is 2. The van der Waals surface area contributed by atoms with Crippen molar-refractivity contribution >= 4 is 17.5 Å². The summed E-state index contributed by atoms with van der Waals surface area (Å²) in [6.07, 6.45) is 2.26. The van der Waals surface area contributed by atoms with Crippen molar-refractivity contribution in [1.82, 2.24) is 10.9 Å². The first-order chi connectivity index (χ1) is 15.8. The Kier molecular flexibility index (Phi) is 7.29. The van der Waals surface area contributed by atoms with E-state index in [0.29, 0.717) is 29.4 Å². The zero-order valence-corrected chi connectivity index (χ0v) is 18.0. The highest BCUT2D eigenvalue weighted by atomic mass is 16.6. The maximum atomic E-state index is 12.6. The molecule has 0 aliphatic heterocycles. The number of nitro benzene ring substituents is 1. The van der Waals surface area contributed by atoms with Gasteiger partial charge in [-0.3, -0.25) is 30.6 Å². The number of phenols is 1. The largest absolute Gasteiger partial charge is 0.502 e. The van der Waals surface area contributed by atoms with Crippen LogP contribution < -0.4 is 15.6 Å². The van der Waals surface area contributed by atoms with Gasteiger partial charge in [-0.05, 0) is 48.2 Å². The molecule has 33 heavy (non-hydrogen) atoms. The summed E-state index contributed by atoms with van der Waals surface area (Å²) in [7, 11) is 0. The lowest BCUT2D eigenvalue weighted by Crippen LogP contribution is -2.41. The Morgan fingerprint density at radius 1 is 1.12 bits per heavy atom.